The number of aromatic nitrogens is 1. The Kier molecular flexibility index (Phi) is 5.60. The average Bonchev–Trinajstić information content (AvgIpc) is 2.64. The van der Waals surface area contributed by atoms with Crippen LogP contribution in [-0.4, -0.2) is 13.5 Å². The van der Waals surface area contributed by atoms with Gasteiger partial charge in [-0.3, -0.25) is 4.79 Å². The summed E-state index contributed by atoms with van der Waals surface area (Å²) in [6, 6.07) is 15.8. The molecule has 3 aromatic rings. The summed E-state index contributed by atoms with van der Waals surface area (Å²) < 4.78 is 17.2. The summed E-state index contributed by atoms with van der Waals surface area (Å²) >= 11 is 0. The highest BCUT2D eigenvalue weighted by molar-refractivity contribution is 7.84. The largest absolute Gasteiger partial charge is 0.311 e. The lowest BCUT2D eigenvalue weighted by atomic mass is 9.96. The summed E-state index contributed by atoms with van der Waals surface area (Å²) in [5.41, 5.74) is 3.84. The minimum atomic E-state index is -1.20. The summed E-state index contributed by atoms with van der Waals surface area (Å²) in [5, 5.41) is 1.59. The number of hydrogen-bond acceptors (Lipinski definition) is 2. The molecule has 0 saturated heterocycles. The highest BCUT2D eigenvalue weighted by Crippen LogP contribution is 2.29. The van der Waals surface area contributed by atoms with Crippen molar-refractivity contribution >= 4 is 21.8 Å². The number of nitrogens with one attached hydrogen (secondary N) is 1. The van der Waals surface area contributed by atoms with Crippen molar-refractivity contribution in [3.8, 4) is 11.3 Å². The number of nitrogens with zero attached hydrogens (tertiary/aromatic N) is 1. The first-order valence-electron chi connectivity index (χ1n) is 9.47. The van der Waals surface area contributed by atoms with E-state index >= 15 is 0 Å². The van der Waals surface area contributed by atoms with Crippen LogP contribution in [0, 0.1) is 6.92 Å². The first kappa shape index (κ1) is 20.5. The van der Waals surface area contributed by atoms with Crippen LogP contribution in [-0.2, 0) is 18.0 Å². The van der Waals surface area contributed by atoms with Gasteiger partial charge in [0, 0.05) is 18.5 Å². The molecular weight excluding hydrogens is 368 g/mol. The van der Waals surface area contributed by atoms with Crippen molar-refractivity contribution in [2.45, 2.75) is 45.4 Å². The van der Waals surface area contributed by atoms with Crippen LogP contribution in [0.1, 0.15) is 44.9 Å². The van der Waals surface area contributed by atoms with Crippen LogP contribution in [0.5, 0.6) is 0 Å². The van der Waals surface area contributed by atoms with Crippen LogP contribution in [0.2, 0.25) is 0 Å². The highest BCUT2D eigenvalue weighted by atomic mass is 32.2. The molecule has 0 saturated carbocycles. The molecule has 0 fully saturated rings. The standard InChI is InChI=1S/C23H28N2O2S/c1-15-12-18(16(2)24-28(27)23(3,4)5)19-14-21(17-10-8-7-9-11-17)25(6)22(26)20(19)13-15/h7-14,16,24H,1-6H3/t16-,28?/m1/s1. The van der Waals surface area contributed by atoms with Crippen LogP contribution in [0.3, 0.4) is 0 Å². The number of fused-ring (bicyclic) bond motifs is 1. The van der Waals surface area contributed by atoms with Gasteiger partial charge in [0.15, 0.2) is 0 Å². The third-order valence-corrected chi connectivity index (χ3v) is 6.59. The fourth-order valence-corrected chi connectivity index (χ4v) is 4.13. The lowest BCUT2D eigenvalue weighted by Gasteiger charge is -2.23. The molecule has 5 heteroatoms. The Hall–Kier alpha value is -2.24. The topological polar surface area (TPSA) is 51.1 Å². The van der Waals surface area contributed by atoms with Gasteiger partial charge in [-0.1, -0.05) is 36.4 Å². The molecule has 2 aromatic carbocycles. The Bertz CT molecular complexity index is 1100. The fraction of sp³-hybridized carbons (Fsp3) is 0.348. The molecular formula is C23H28N2O2S. The lowest BCUT2D eigenvalue weighted by molar-refractivity contribution is 0.617. The molecule has 0 spiro atoms. The maximum absolute atomic E-state index is 13.1. The van der Waals surface area contributed by atoms with Gasteiger partial charge in [0.25, 0.3) is 5.56 Å². The van der Waals surface area contributed by atoms with Crippen molar-refractivity contribution in [3.63, 3.8) is 0 Å². The van der Waals surface area contributed by atoms with E-state index < -0.39 is 11.0 Å². The Morgan fingerprint density at radius 3 is 2.29 bits per heavy atom. The maximum atomic E-state index is 13.1. The van der Waals surface area contributed by atoms with Gasteiger partial charge in [-0.25, -0.2) is 8.93 Å². The average molecular weight is 397 g/mol. The van der Waals surface area contributed by atoms with Crippen molar-refractivity contribution in [2.24, 2.45) is 7.05 Å². The van der Waals surface area contributed by atoms with Crippen molar-refractivity contribution < 1.29 is 4.21 Å². The molecule has 1 heterocycles. The smallest absolute Gasteiger partial charge is 0.258 e. The van der Waals surface area contributed by atoms with E-state index in [1.165, 1.54) is 0 Å². The SMILES string of the molecule is Cc1cc([C@@H](C)NS(=O)C(C)(C)C)c2cc(-c3ccccc3)n(C)c(=O)c2c1. The van der Waals surface area contributed by atoms with Gasteiger partial charge in [-0.15, -0.1) is 0 Å². The van der Waals surface area contributed by atoms with E-state index in [1.807, 2.05) is 78.1 Å². The van der Waals surface area contributed by atoms with Crippen LogP contribution in [0.15, 0.2) is 53.3 Å². The summed E-state index contributed by atoms with van der Waals surface area (Å²) in [5.74, 6) is 0. The lowest BCUT2D eigenvalue weighted by Crippen LogP contribution is -2.35. The minimum Gasteiger partial charge on any atom is -0.311 e. The van der Waals surface area contributed by atoms with Crippen molar-refractivity contribution in [1.82, 2.24) is 9.29 Å². The Labute approximate surface area is 169 Å². The molecule has 0 bridgehead atoms. The molecule has 0 amide bonds. The Morgan fingerprint density at radius 1 is 1.04 bits per heavy atom. The molecule has 0 aliphatic rings. The van der Waals surface area contributed by atoms with E-state index in [1.54, 1.807) is 4.57 Å². The van der Waals surface area contributed by atoms with E-state index in [4.69, 9.17) is 0 Å². The molecule has 3 rings (SSSR count). The third kappa shape index (κ3) is 3.96. The van der Waals surface area contributed by atoms with Crippen molar-refractivity contribution in [3.05, 3.63) is 70.0 Å². The monoisotopic (exact) mass is 396 g/mol. The predicted molar refractivity (Wildman–Crippen MR) is 119 cm³/mol. The molecule has 28 heavy (non-hydrogen) atoms. The Balaban J connectivity index is 2.22. The van der Waals surface area contributed by atoms with Crippen LogP contribution in [0.4, 0.5) is 0 Å². The second kappa shape index (κ2) is 7.64. The summed E-state index contributed by atoms with van der Waals surface area (Å²) in [4.78, 5) is 13.1. The van der Waals surface area contributed by atoms with Gasteiger partial charge in [-0.05, 0) is 68.8 Å². The first-order chi connectivity index (χ1) is 13.1. The normalized spacial score (nSPS) is 14.2. The van der Waals surface area contributed by atoms with Crippen LogP contribution in [0.25, 0.3) is 22.0 Å². The van der Waals surface area contributed by atoms with Gasteiger partial charge in [-0.2, -0.15) is 0 Å². The van der Waals surface area contributed by atoms with E-state index in [9.17, 15) is 9.00 Å². The fourth-order valence-electron chi connectivity index (χ4n) is 3.33. The van der Waals surface area contributed by atoms with Crippen LogP contribution >= 0.6 is 0 Å². The van der Waals surface area contributed by atoms with Crippen molar-refractivity contribution in [1.29, 1.82) is 0 Å². The zero-order chi connectivity index (χ0) is 20.6. The number of benzene rings is 2. The van der Waals surface area contributed by atoms with Gasteiger partial charge in [0.05, 0.1) is 21.4 Å². The minimum absolute atomic E-state index is 0.0227. The first-order valence-corrected chi connectivity index (χ1v) is 10.6. The maximum Gasteiger partial charge on any atom is 0.258 e. The highest BCUT2D eigenvalue weighted by Gasteiger charge is 2.23. The third-order valence-electron chi connectivity index (χ3n) is 4.91. The molecule has 148 valence electrons. The number of rotatable bonds is 4. The van der Waals surface area contributed by atoms with Crippen molar-refractivity contribution in [2.75, 3.05) is 0 Å². The van der Waals surface area contributed by atoms with E-state index in [2.05, 4.69) is 16.9 Å². The zero-order valence-corrected chi connectivity index (χ0v) is 18.2. The predicted octanol–water partition coefficient (Wildman–Crippen LogP) is 4.63. The molecule has 1 N–H and O–H groups in total. The number of aryl methyl sites for hydroxylation is 1. The van der Waals surface area contributed by atoms with E-state index in [0.29, 0.717) is 5.39 Å². The van der Waals surface area contributed by atoms with E-state index in [0.717, 1.165) is 27.8 Å². The van der Waals surface area contributed by atoms with E-state index in [-0.39, 0.29) is 16.3 Å². The molecule has 0 aliphatic heterocycles. The molecule has 0 radical (unpaired) electrons. The summed E-state index contributed by atoms with van der Waals surface area (Å²) in [7, 11) is 0.606. The van der Waals surface area contributed by atoms with Gasteiger partial charge >= 0.3 is 0 Å². The second-order valence-electron chi connectivity index (χ2n) is 8.30. The second-order valence-corrected chi connectivity index (χ2v) is 10.3. The molecule has 4 nitrogen and oxygen atoms in total. The van der Waals surface area contributed by atoms with Gasteiger partial charge in [0.1, 0.15) is 0 Å². The molecule has 2 atom stereocenters. The molecule has 1 aromatic heterocycles. The summed E-state index contributed by atoms with van der Waals surface area (Å²) in [6.45, 7) is 9.82. The van der Waals surface area contributed by atoms with Gasteiger partial charge < -0.3 is 4.57 Å². The Morgan fingerprint density at radius 2 is 1.68 bits per heavy atom. The summed E-state index contributed by atoms with van der Waals surface area (Å²) in [6.07, 6.45) is 0. The zero-order valence-electron chi connectivity index (χ0n) is 17.4. The number of pyridine rings is 1. The molecule has 0 aliphatic carbocycles. The van der Waals surface area contributed by atoms with Gasteiger partial charge in [0.2, 0.25) is 0 Å². The quantitative estimate of drug-likeness (QED) is 0.699. The number of hydrogen-bond donors (Lipinski definition) is 1. The molecule has 1 unspecified atom stereocenters. The van der Waals surface area contributed by atoms with Crippen LogP contribution < -0.4 is 10.3 Å².